The topological polar surface area (TPSA) is 18.1 Å². The molecule has 0 radical (unpaired) electrons. The van der Waals surface area contributed by atoms with E-state index in [4.69, 9.17) is 40.5 Å². The minimum atomic E-state index is -4.40. The zero-order chi connectivity index (χ0) is 16.8. The maximum absolute atomic E-state index is 12.7. The number of halogens is 4. The molecule has 118 valence electrons. The molecule has 0 unspecified atom stereocenters. The molecule has 1 aromatic heterocycles. The van der Waals surface area contributed by atoms with E-state index >= 15 is 0 Å². The first-order valence-corrected chi connectivity index (χ1v) is 7.50. The second-order valence-electron chi connectivity index (χ2n) is 4.69. The molecule has 3 rings (SSSR count). The van der Waals surface area contributed by atoms with E-state index in [1.165, 1.54) is 16.7 Å². The van der Waals surface area contributed by atoms with Crippen LogP contribution in [0, 0.1) is 9.48 Å². The van der Waals surface area contributed by atoms with Crippen molar-refractivity contribution in [2.24, 2.45) is 0 Å². The van der Waals surface area contributed by atoms with Gasteiger partial charge < -0.3 is 4.42 Å². The molecule has 3 aromatic rings. The van der Waals surface area contributed by atoms with Gasteiger partial charge in [-0.1, -0.05) is 23.8 Å². The Bertz CT molecular complexity index is 1010. The number of hydrogen-bond acceptors (Lipinski definition) is 3. The summed E-state index contributed by atoms with van der Waals surface area (Å²) < 4.78 is 45.2. The van der Waals surface area contributed by atoms with Gasteiger partial charge in [0.05, 0.1) is 16.6 Å². The van der Waals surface area contributed by atoms with E-state index in [0.717, 1.165) is 12.1 Å². The van der Waals surface area contributed by atoms with Crippen LogP contribution >= 0.6 is 36.0 Å². The first-order valence-electron chi connectivity index (χ1n) is 6.30. The standard InChI is InChI=1S/C15H7ClF3NOS2/c16-9-3-6-12-11(7-9)13(22)20(14(23)21-12)10-4-1-8(2-5-10)15(17,18)19/h1-7H. The fraction of sp³-hybridized carbons (Fsp3) is 0.0667. The number of fused-ring (bicyclic) bond motifs is 1. The largest absolute Gasteiger partial charge is 0.431 e. The molecule has 0 aliphatic heterocycles. The summed E-state index contributed by atoms with van der Waals surface area (Å²) in [6.07, 6.45) is -4.40. The van der Waals surface area contributed by atoms with Crippen LogP contribution < -0.4 is 0 Å². The van der Waals surface area contributed by atoms with E-state index in [-0.39, 0.29) is 4.84 Å². The van der Waals surface area contributed by atoms with Gasteiger partial charge in [0.2, 0.25) is 0 Å². The van der Waals surface area contributed by atoms with Crippen LogP contribution in [0.25, 0.3) is 16.7 Å². The number of nitrogens with zero attached hydrogens (tertiary/aromatic N) is 1. The lowest BCUT2D eigenvalue weighted by Gasteiger charge is -2.11. The fourth-order valence-electron chi connectivity index (χ4n) is 2.12. The third-order valence-corrected chi connectivity index (χ3v) is 4.11. The molecule has 1 heterocycles. The Labute approximate surface area is 143 Å². The van der Waals surface area contributed by atoms with Crippen molar-refractivity contribution < 1.29 is 17.6 Å². The van der Waals surface area contributed by atoms with Gasteiger partial charge in [-0.3, -0.25) is 4.57 Å². The molecule has 0 fully saturated rings. The first-order chi connectivity index (χ1) is 10.8. The Morgan fingerprint density at radius 2 is 1.65 bits per heavy atom. The molecule has 0 N–H and O–H groups in total. The van der Waals surface area contributed by atoms with E-state index < -0.39 is 11.7 Å². The molecule has 2 aromatic carbocycles. The van der Waals surface area contributed by atoms with Crippen molar-refractivity contribution in [2.75, 3.05) is 0 Å². The zero-order valence-corrected chi connectivity index (χ0v) is 13.6. The zero-order valence-electron chi connectivity index (χ0n) is 11.2. The molecule has 0 bridgehead atoms. The lowest BCUT2D eigenvalue weighted by molar-refractivity contribution is -0.137. The summed E-state index contributed by atoms with van der Waals surface area (Å²) in [6.45, 7) is 0. The van der Waals surface area contributed by atoms with Gasteiger partial charge >= 0.3 is 6.18 Å². The highest BCUT2D eigenvalue weighted by Crippen LogP contribution is 2.30. The van der Waals surface area contributed by atoms with Crippen LogP contribution in [-0.2, 0) is 6.18 Å². The fourth-order valence-corrected chi connectivity index (χ4v) is 2.99. The molecule has 0 spiro atoms. The van der Waals surface area contributed by atoms with Gasteiger partial charge in [-0.05, 0) is 54.7 Å². The van der Waals surface area contributed by atoms with E-state index in [9.17, 15) is 13.2 Å². The number of rotatable bonds is 1. The molecular formula is C15H7ClF3NOS2. The summed E-state index contributed by atoms with van der Waals surface area (Å²) in [5.41, 5.74) is 0.102. The van der Waals surface area contributed by atoms with Crippen LogP contribution in [0.5, 0.6) is 0 Å². The van der Waals surface area contributed by atoms with Crippen LogP contribution in [0.1, 0.15) is 5.56 Å². The van der Waals surface area contributed by atoms with Crippen molar-refractivity contribution in [1.82, 2.24) is 4.57 Å². The predicted molar refractivity (Wildman–Crippen MR) is 87.2 cm³/mol. The third-order valence-electron chi connectivity index (χ3n) is 3.21. The summed E-state index contributed by atoms with van der Waals surface area (Å²) in [4.78, 5) is 0.0459. The lowest BCUT2D eigenvalue weighted by atomic mass is 10.2. The molecule has 0 aliphatic rings. The number of benzene rings is 2. The van der Waals surface area contributed by atoms with E-state index in [0.29, 0.717) is 26.3 Å². The summed E-state index contributed by atoms with van der Waals surface area (Å²) in [7, 11) is 0. The summed E-state index contributed by atoms with van der Waals surface area (Å²) in [5, 5.41) is 1.02. The highest BCUT2D eigenvalue weighted by atomic mass is 35.5. The minimum Gasteiger partial charge on any atom is -0.431 e. The molecule has 2 nitrogen and oxygen atoms in total. The Kier molecular flexibility index (Phi) is 4.03. The summed E-state index contributed by atoms with van der Waals surface area (Å²) >= 11 is 16.5. The number of hydrogen-bond donors (Lipinski definition) is 0. The van der Waals surface area contributed by atoms with Crippen LogP contribution in [0.3, 0.4) is 0 Å². The highest BCUT2D eigenvalue weighted by molar-refractivity contribution is 7.72. The second-order valence-corrected chi connectivity index (χ2v) is 5.87. The number of aromatic nitrogens is 1. The molecule has 0 saturated carbocycles. The van der Waals surface area contributed by atoms with Crippen LogP contribution in [0.15, 0.2) is 46.9 Å². The minimum absolute atomic E-state index is 0.0459. The van der Waals surface area contributed by atoms with Crippen molar-refractivity contribution >= 4 is 47.0 Å². The molecule has 8 heteroatoms. The molecule has 23 heavy (non-hydrogen) atoms. The average molecular weight is 374 g/mol. The van der Waals surface area contributed by atoms with Crippen molar-refractivity contribution in [3.05, 3.63) is 62.5 Å². The lowest BCUT2D eigenvalue weighted by Crippen LogP contribution is -2.05. The monoisotopic (exact) mass is 373 g/mol. The normalized spacial score (nSPS) is 11.8. The van der Waals surface area contributed by atoms with Gasteiger partial charge in [0.1, 0.15) is 10.2 Å². The van der Waals surface area contributed by atoms with Crippen molar-refractivity contribution in [2.45, 2.75) is 6.18 Å². The van der Waals surface area contributed by atoms with Crippen molar-refractivity contribution in [1.29, 1.82) is 0 Å². The van der Waals surface area contributed by atoms with Crippen LogP contribution in [-0.4, -0.2) is 4.57 Å². The van der Waals surface area contributed by atoms with Gasteiger partial charge in [-0.15, -0.1) is 0 Å². The van der Waals surface area contributed by atoms with Gasteiger partial charge in [0.15, 0.2) is 0 Å². The smallest absolute Gasteiger partial charge is 0.416 e. The Morgan fingerprint density at radius 1 is 1.00 bits per heavy atom. The molecule has 0 aliphatic carbocycles. The SMILES string of the molecule is FC(F)(F)c1ccc(-n2c(=S)oc3ccc(Cl)cc3c2=S)cc1. The Balaban J connectivity index is 2.24. The Morgan fingerprint density at radius 3 is 2.26 bits per heavy atom. The number of alkyl halides is 3. The quantitative estimate of drug-likeness (QED) is 0.462. The van der Waals surface area contributed by atoms with Crippen molar-refractivity contribution in [3.8, 4) is 5.69 Å². The van der Waals surface area contributed by atoms with E-state index in [2.05, 4.69) is 0 Å². The third kappa shape index (κ3) is 3.04. The maximum atomic E-state index is 12.7. The van der Waals surface area contributed by atoms with Gasteiger partial charge in [0.25, 0.3) is 4.84 Å². The summed E-state index contributed by atoms with van der Waals surface area (Å²) in [5.74, 6) is 0. The average Bonchev–Trinajstić information content (AvgIpc) is 2.48. The first kappa shape index (κ1) is 16.2. The predicted octanol–water partition coefficient (Wildman–Crippen LogP) is 6.35. The molecular weight excluding hydrogens is 367 g/mol. The van der Waals surface area contributed by atoms with Gasteiger partial charge in [0, 0.05) is 5.02 Å². The molecule has 0 amide bonds. The van der Waals surface area contributed by atoms with E-state index in [1.807, 2.05) is 0 Å². The maximum Gasteiger partial charge on any atom is 0.416 e. The van der Waals surface area contributed by atoms with Crippen LogP contribution in [0.4, 0.5) is 13.2 Å². The van der Waals surface area contributed by atoms with Crippen molar-refractivity contribution in [3.63, 3.8) is 0 Å². The van der Waals surface area contributed by atoms with Gasteiger partial charge in [-0.25, -0.2) is 0 Å². The van der Waals surface area contributed by atoms with Gasteiger partial charge in [-0.2, -0.15) is 13.2 Å². The second kappa shape index (κ2) is 5.74. The van der Waals surface area contributed by atoms with Crippen LogP contribution in [0.2, 0.25) is 5.02 Å². The Hall–Kier alpha value is -1.70. The highest BCUT2D eigenvalue weighted by Gasteiger charge is 2.30. The summed E-state index contributed by atoms with van der Waals surface area (Å²) in [6, 6.07) is 9.42. The molecule has 0 atom stereocenters. The van der Waals surface area contributed by atoms with E-state index in [1.54, 1.807) is 18.2 Å². The molecule has 0 saturated heterocycles.